The quantitative estimate of drug-likeness (QED) is 0.544. The van der Waals surface area contributed by atoms with E-state index in [9.17, 15) is 0 Å². The van der Waals surface area contributed by atoms with Gasteiger partial charge in [0, 0.05) is 39.8 Å². The predicted octanol–water partition coefficient (Wildman–Crippen LogP) is 1.12. The second kappa shape index (κ2) is 4.95. The fourth-order valence-electron chi connectivity index (χ4n) is 1.15. The first-order chi connectivity index (χ1) is 6.61. The fourth-order valence-corrected chi connectivity index (χ4v) is 1.69. The van der Waals surface area contributed by atoms with Crippen molar-refractivity contribution in [2.24, 2.45) is 4.99 Å². The highest BCUT2D eigenvalue weighted by molar-refractivity contribution is 7.09. The third kappa shape index (κ3) is 2.99. The lowest BCUT2D eigenvalue weighted by molar-refractivity contribution is 0.479. The molecule has 0 aliphatic heterocycles. The highest BCUT2D eigenvalue weighted by Crippen LogP contribution is 2.05. The molecule has 14 heavy (non-hydrogen) atoms. The summed E-state index contributed by atoms with van der Waals surface area (Å²) in [5.41, 5.74) is 0. The first kappa shape index (κ1) is 11.0. The van der Waals surface area contributed by atoms with E-state index in [0.29, 0.717) is 6.54 Å². The van der Waals surface area contributed by atoms with E-state index in [1.165, 1.54) is 0 Å². The van der Waals surface area contributed by atoms with E-state index in [4.69, 9.17) is 0 Å². The van der Waals surface area contributed by atoms with Crippen molar-refractivity contribution >= 4 is 17.3 Å². The van der Waals surface area contributed by atoms with Gasteiger partial charge in [0.05, 0.1) is 6.54 Å². The summed E-state index contributed by atoms with van der Waals surface area (Å²) in [6, 6.07) is 0. The van der Waals surface area contributed by atoms with Gasteiger partial charge in [0.2, 0.25) is 0 Å². The van der Waals surface area contributed by atoms with Gasteiger partial charge in [0.1, 0.15) is 5.01 Å². The molecule has 0 bridgehead atoms. The molecule has 0 amide bonds. The van der Waals surface area contributed by atoms with E-state index in [0.717, 1.165) is 11.0 Å². The van der Waals surface area contributed by atoms with Crippen molar-refractivity contribution in [2.45, 2.75) is 6.54 Å². The number of rotatable bonds is 2. The Balaban J connectivity index is 2.65. The molecule has 0 aliphatic carbocycles. The standard InChI is InChI=1S/C9H16N4S/c1-12(2)9(13(3)4)11-7-8-10-5-6-14-8/h5-6H,7H2,1-4H3. The van der Waals surface area contributed by atoms with Crippen molar-refractivity contribution in [3.05, 3.63) is 16.6 Å². The van der Waals surface area contributed by atoms with E-state index < -0.39 is 0 Å². The molecule has 0 fully saturated rings. The summed E-state index contributed by atoms with van der Waals surface area (Å²) in [6.07, 6.45) is 1.81. The van der Waals surface area contributed by atoms with Crippen molar-refractivity contribution in [3.8, 4) is 0 Å². The van der Waals surface area contributed by atoms with Crippen molar-refractivity contribution < 1.29 is 0 Å². The smallest absolute Gasteiger partial charge is 0.195 e. The lowest BCUT2D eigenvalue weighted by atomic mass is 10.6. The molecule has 1 aromatic heterocycles. The third-order valence-corrected chi connectivity index (χ3v) is 2.40. The number of guanidine groups is 1. The summed E-state index contributed by atoms with van der Waals surface area (Å²) < 4.78 is 0. The van der Waals surface area contributed by atoms with E-state index >= 15 is 0 Å². The molecule has 0 radical (unpaired) electrons. The molecule has 1 aromatic rings. The normalized spacial score (nSPS) is 9.71. The maximum absolute atomic E-state index is 4.48. The predicted molar refractivity (Wildman–Crippen MR) is 60.6 cm³/mol. The molecule has 0 saturated heterocycles. The molecule has 5 heteroatoms. The maximum atomic E-state index is 4.48. The Kier molecular flexibility index (Phi) is 3.88. The van der Waals surface area contributed by atoms with Crippen LogP contribution in [0.4, 0.5) is 0 Å². The number of aliphatic imine (C=N–C) groups is 1. The first-order valence-corrected chi connectivity index (χ1v) is 5.26. The minimum Gasteiger partial charge on any atom is -0.349 e. The Morgan fingerprint density at radius 1 is 1.36 bits per heavy atom. The van der Waals surface area contributed by atoms with Crippen molar-refractivity contribution in [3.63, 3.8) is 0 Å². The van der Waals surface area contributed by atoms with Crippen LogP contribution in [-0.4, -0.2) is 48.9 Å². The summed E-state index contributed by atoms with van der Waals surface area (Å²) >= 11 is 1.63. The molecule has 0 saturated carbocycles. The van der Waals surface area contributed by atoms with Gasteiger partial charge in [0.15, 0.2) is 5.96 Å². The molecule has 78 valence electrons. The number of hydrogen-bond acceptors (Lipinski definition) is 3. The van der Waals surface area contributed by atoms with Gasteiger partial charge in [-0.1, -0.05) is 0 Å². The number of hydrogen-bond donors (Lipinski definition) is 0. The summed E-state index contributed by atoms with van der Waals surface area (Å²) in [4.78, 5) is 12.7. The van der Waals surface area contributed by atoms with Gasteiger partial charge in [-0.05, 0) is 0 Å². The summed E-state index contributed by atoms with van der Waals surface area (Å²) in [6.45, 7) is 0.656. The molecule has 0 spiro atoms. The molecule has 1 rings (SSSR count). The van der Waals surface area contributed by atoms with Gasteiger partial charge in [0.25, 0.3) is 0 Å². The topological polar surface area (TPSA) is 31.7 Å². The second-order valence-corrected chi connectivity index (χ2v) is 4.31. The first-order valence-electron chi connectivity index (χ1n) is 4.38. The van der Waals surface area contributed by atoms with Crippen LogP contribution in [0, 0.1) is 0 Å². The average molecular weight is 212 g/mol. The largest absolute Gasteiger partial charge is 0.349 e. The second-order valence-electron chi connectivity index (χ2n) is 3.33. The van der Waals surface area contributed by atoms with Crippen LogP contribution in [0.15, 0.2) is 16.6 Å². The van der Waals surface area contributed by atoms with Crippen LogP contribution in [0.2, 0.25) is 0 Å². The van der Waals surface area contributed by atoms with Gasteiger partial charge in [-0.15, -0.1) is 11.3 Å². The molecule has 0 aliphatic rings. The Morgan fingerprint density at radius 3 is 2.43 bits per heavy atom. The Morgan fingerprint density at radius 2 is 2.00 bits per heavy atom. The molecular formula is C9H16N4S. The maximum Gasteiger partial charge on any atom is 0.195 e. The van der Waals surface area contributed by atoms with Crippen molar-refractivity contribution in [2.75, 3.05) is 28.2 Å². The third-order valence-electron chi connectivity index (χ3n) is 1.64. The summed E-state index contributed by atoms with van der Waals surface area (Å²) in [5, 5.41) is 3.02. The zero-order chi connectivity index (χ0) is 10.6. The molecule has 0 N–H and O–H groups in total. The lowest BCUT2D eigenvalue weighted by Crippen LogP contribution is -2.35. The molecular weight excluding hydrogens is 196 g/mol. The zero-order valence-electron chi connectivity index (χ0n) is 9.06. The van der Waals surface area contributed by atoms with Crippen molar-refractivity contribution in [1.29, 1.82) is 0 Å². The average Bonchev–Trinajstić information content (AvgIpc) is 2.55. The van der Waals surface area contributed by atoms with E-state index in [-0.39, 0.29) is 0 Å². The van der Waals surface area contributed by atoms with Crippen LogP contribution in [0.1, 0.15) is 5.01 Å². The van der Waals surface area contributed by atoms with Crippen LogP contribution in [0.3, 0.4) is 0 Å². The Bertz CT molecular complexity index is 280. The number of thiazole rings is 1. The van der Waals surface area contributed by atoms with E-state index in [2.05, 4.69) is 9.98 Å². The summed E-state index contributed by atoms with van der Waals surface area (Å²) in [7, 11) is 7.95. The molecule has 0 atom stereocenters. The zero-order valence-corrected chi connectivity index (χ0v) is 9.88. The molecule has 0 aromatic carbocycles. The van der Waals surface area contributed by atoms with Gasteiger partial charge in [-0.3, -0.25) is 0 Å². The minimum absolute atomic E-state index is 0.656. The van der Waals surface area contributed by atoms with Crippen LogP contribution >= 0.6 is 11.3 Å². The Hall–Kier alpha value is -1.10. The van der Waals surface area contributed by atoms with Gasteiger partial charge < -0.3 is 9.80 Å². The number of aromatic nitrogens is 1. The van der Waals surface area contributed by atoms with Crippen LogP contribution in [-0.2, 0) is 6.54 Å². The van der Waals surface area contributed by atoms with E-state index in [1.54, 1.807) is 17.5 Å². The van der Waals surface area contributed by atoms with Crippen LogP contribution < -0.4 is 0 Å². The monoisotopic (exact) mass is 212 g/mol. The van der Waals surface area contributed by atoms with Crippen molar-refractivity contribution in [1.82, 2.24) is 14.8 Å². The number of nitrogens with zero attached hydrogens (tertiary/aromatic N) is 4. The molecule has 1 heterocycles. The highest BCUT2D eigenvalue weighted by atomic mass is 32.1. The van der Waals surface area contributed by atoms with E-state index in [1.807, 2.05) is 43.4 Å². The van der Waals surface area contributed by atoms with Gasteiger partial charge in [-0.2, -0.15) is 0 Å². The van der Waals surface area contributed by atoms with Crippen LogP contribution in [0.5, 0.6) is 0 Å². The van der Waals surface area contributed by atoms with Gasteiger partial charge in [-0.25, -0.2) is 9.98 Å². The summed E-state index contributed by atoms with van der Waals surface area (Å²) in [5.74, 6) is 0.959. The Labute approximate surface area is 88.9 Å². The lowest BCUT2D eigenvalue weighted by Gasteiger charge is -2.22. The minimum atomic E-state index is 0.656. The highest BCUT2D eigenvalue weighted by Gasteiger charge is 2.03. The SMILES string of the molecule is CN(C)C(=NCc1nccs1)N(C)C. The van der Waals surface area contributed by atoms with Gasteiger partial charge >= 0.3 is 0 Å². The van der Waals surface area contributed by atoms with Crippen LogP contribution in [0.25, 0.3) is 0 Å². The molecule has 0 unspecified atom stereocenters. The fraction of sp³-hybridized carbons (Fsp3) is 0.556. The molecule has 4 nitrogen and oxygen atoms in total.